The monoisotopic (exact) mass is 411 g/mol. The van der Waals surface area contributed by atoms with Crippen molar-refractivity contribution in [2.45, 2.75) is 51.9 Å². The van der Waals surface area contributed by atoms with Gasteiger partial charge in [-0.05, 0) is 50.5 Å². The number of rotatable bonds is 6. The molecule has 5 nitrogen and oxygen atoms in total. The number of hydrogen-bond donors (Lipinski definition) is 0. The third kappa shape index (κ3) is 5.04. The van der Waals surface area contributed by atoms with Crippen LogP contribution < -0.4 is 4.90 Å². The van der Waals surface area contributed by atoms with Gasteiger partial charge in [0.2, 0.25) is 11.8 Å². The van der Waals surface area contributed by atoms with Crippen molar-refractivity contribution < 1.29 is 9.59 Å². The lowest BCUT2D eigenvalue weighted by atomic mass is 9.90. The van der Waals surface area contributed by atoms with Crippen LogP contribution in [0.3, 0.4) is 0 Å². The summed E-state index contributed by atoms with van der Waals surface area (Å²) in [6, 6.07) is 8.82. The van der Waals surface area contributed by atoms with E-state index in [-0.39, 0.29) is 11.8 Å². The first-order chi connectivity index (χ1) is 14.1. The summed E-state index contributed by atoms with van der Waals surface area (Å²) in [4.78, 5) is 32.8. The molecule has 4 rings (SSSR count). The number of anilines is 1. The number of piperidine rings is 1. The third-order valence-electron chi connectivity index (χ3n) is 6.11. The number of aryl methyl sites for hydroxylation is 2. The summed E-state index contributed by atoms with van der Waals surface area (Å²) >= 11 is 1.47. The van der Waals surface area contributed by atoms with Gasteiger partial charge in [-0.2, -0.15) is 0 Å². The molecule has 0 spiro atoms. The van der Waals surface area contributed by atoms with Crippen LogP contribution in [0.5, 0.6) is 0 Å². The molecule has 2 aliphatic heterocycles. The van der Waals surface area contributed by atoms with Gasteiger partial charge < -0.3 is 4.90 Å². The maximum absolute atomic E-state index is 12.7. The standard InChI is InChI=1S/C23H29N3O2S/c1-17-4-6-18(7-5-17)8-9-19-10-13-25(14-11-19)22(28)15-20-16-29-23(24-20)26-12-2-3-21(26)27/h4-7,16,19H,2-3,8-15H2,1H3. The van der Waals surface area contributed by atoms with Gasteiger partial charge in [-0.15, -0.1) is 11.3 Å². The van der Waals surface area contributed by atoms with E-state index in [0.717, 1.165) is 56.1 Å². The summed E-state index contributed by atoms with van der Waals surface area (Å²) < 4.78 is 0. The Hall–Kier alpha value is -2.21. The van der Waals surface area contributed by atoms with Crippen molar-refractivity contribution in [1.82, 2.24) is 9.88 Å². The maximum Gasteiger partial charge on any atom is 0.228 e. The molecule has 2 saturated heterocycles. The van der Waals surface area contributed by atoms with Crippen molar-refractivity contribution in [2.24, 2.45) is 5.92 Å². The van der Waals surface area contributed by atoms with Crippen LogP contribution in [0.4, 0.5) is 5.13 Å². The molecule has 2 aromatic rings. The average Bonchev–Trinajstić information content (AvgIpc) is 3.36. The van der Waals surface area contributed by atoms with Crippen LogP contribution in [0.1, 0.15) is 48.9 Å². The van der Waals surface area contributed by atoms with Crippen molar-refractivity contribution in [3.63, 3.8) is 0 Å². The van der Waals surface area contributed by atoms with Gasteiger partial charge in [0.25, 0.3) is 0 Å². The fourth-order valence-corrected chi connectivity index (χ4v) is 5.08. The van der Waals surface area contributed by atoms with Crippen LogP contribution in [0.25, 0.3) is 0 Å². The number of carbonyl (C=O) groups excluding carboxylic acids is 2. The number of nitrogens with zero attached hydrogens (tertiary/aromatic N) is 3. The zero-order valence-corrected chi connectivity index (χ0v) is 17.9. The molecular weight excluding hydrogens is 382 g/mol. The fraction of sp³-hybridized carbons (Fsp3) is 0.522. The number of carbonyl (C=O) groups is 2. The van der Waals surface area contributed by atoms with Crippen LogP contribution in [0.15, 0.2) is 29.6 Å². The Balaban J connectivity index is 1.22. The van der Waals surface area contributed by atoms with E-state index >= 15 is 0 Å². The summed E-state index contributed by atoms with van der Waals surface area (Å²) in [6.07, 6.45) is 6.33. The maximum atomic E-state index is 12.7. The molecule has 29 heavy (non-hydrogen) atoms. The second-order valence-electron chi connectivity index (χ2n) is 8.30. The van der Waals surface area contributed by atoms with Gasteiger partial charge in [0.15, 0.2) is 5.13 Å². The topological polar surface area (TPSA) is 53.5 Å². The Bertz CT molecular complexity index is 853. The number of likely N-dealkylation sites (tertiary alicyclic amines) is 1. The molecule has 6 heteroatoms. The zero-order chi connectivity index (χ0) is 20.2. The highest BCUT2D eigenvalue weighted by Gasteiger charge is 2.26. The van der Waals surface area contributed by atoms with Crippen LogP contribution in [-0.4, -0.2) is 41.3 Å². The van der Waals surface area contributed by atoms with Crippen molar-refractivity contribution in [3.05, 3.63) is 46.5 Å². The van der Waals surface area contributed by atoms with Crippen LogP contribution in [0.2, 0.25) is 0 Å². The number of amides is 2. The molecule has 0 saturated carbocycles. The van der Waals surface area contributed by atoms with E-state index in [1.54, 1.807) is 4.90 Å². The van der Waals surface area contributed by atoms with Gasteiger partial charge in [0, 0.05) is 31.4 Å². The quantitative estimate of drug-likeness (QED) is 0.722. The summed E-state index contributed by atoms with van der Waals surface area (Å²) in [5.41, 5.74) is 3.50. The smallest absolute Gasteiger partial charge is 0.228 e. The van der Waals surface area contributed by atoms with E-state index in [1.807, 2.05) is 10.3 Å². The number of benzene rings is 1. The first-order valence-electron chi connectivity index (χ1n) is 10.7. The summed E-state index contributed by atoms with van der Waals surface area (Å²) in [7, 11) is 0. The van der Waals surface area contributed by atoms with Gasteiger partial charge in [-0.3, -0.25) is 14.5 Å². The van der Waals surface area contributed by atoms with E-state index in [2.05, 4.69) is 36.2 Å². The molecule has 1 aromatic carbocycles. The molecule has 2 amide bonds. The first kappa shape index (κ1) is 20.1. The average molecular weight is 412 g/mol. The Kier molecular flexibility index (Phi) is 6.28. The lowest BCUT2D eigenvalue weighted by molar-refractivity contribution is -0.131. The molecular formula is C23H29N3O2S. The Morgan fingerprint density at radius 3 is 2.62 bits per heavy atom. The minimum absolute atomic E-state index is 0.143. The molecule has 0 bridgehead atoms. The molecule has 2 fully saturated rings. The molecule has 2 aliphatic rings. The third-order valence-corrected chi connectivity index (χ3v) is 7.02. The van der Waals surface area contributed by atoms with Crippen LogP contribution >= 0.6 is 11.3 Å². The predicted molar refractivity (Wildman–Crippen MR) is 116 cm³/mol. The largest absolute Gasteiger partial charge is 0.342 e. The molecule has 0 N–H and O–H groups in total. The molecule has 3 heterocycles. The SMILES string of the molecule is Cc1ccc(CCC2CCN(C(=O)Cc3csc(N4CCCC4=O)n3)CC2)cc1. The van der Waals surface area contributed by atoms with Gasteiger partial charge in [0.1, 0.15) is 0 Å². The first-order valence-corrected chi connectivity index (χ1v) is 11.5. The molecule has 0 radical (unpaired) electrons. The summed E-state index contributed by atoms with van der Waals surface area (Å²) in [5.74, 6) is 1.00. The van der Waals surface area contributed by atoms with Gasteiger partial charge in [-0.25, -0.2) is 4.98 Å². The highest BCUT2D eigenvalue weighted by Crippen LogP contribution is 2.27. The normalized spacial score (nSPS) is 17.9. The molecule has 0 unspecified atom stereocenters. The predicted octanol–water partition coefficient (Wildman–Crippen LogP) is 3.99. The van der Waals surface area contributed by atoms with Crippen molar-refractivity contribution >= 4 is 28.3 Å². The minimum atomic E-state index is 0.143. The highest BCUT2D eigenvalue weighted by molar-refractivity contribution is 7.14. The van der Waals surface area contributed by atoms with Crippen LogP contribution in [-0.2, 0) is 22.4 Å². The van der Waals surface area contributed by atoms with Crippen molar-refractivity contribution in [2.75, 3.05) is 24.5 Å². The summed E-state index contributed by atoms with van der Waals surface area (Å²) in [5, 5.41) is 2.66. The minimum Gasteiger partial charge on any atom is -0.342 e. The van der Waals surface area contributed by atoms with E-state index in [4.69, 9.17) is 0 Å². The second-order valence-corrected chi connectivity index (χ2v) is 9.13. The lowest BCUT2D eigenvalue weighted by Gasteiger charge is -2.32. The van der Waals surface area contributed by atoms with Crippen molar-refractivity contribution in [1.29, 1.82) is 0 Å². The molecule has 154 valence electrons. The van der Waals surface area contributed by atoms with E-state index < -0.39 is 0 Å². The van der Waals surface area contributed by atoms with Crippen LogP contribution in [0, 0.1) is 12.8 Å². The van der Waals surface area contributed by atoms with Crippen molar-refractivity contribution in [3.8, 4) is 0 Å². The highest BCUT2D eigenvalue weighted by atomic mass is 32.1. The van der Waals surface area contributed by atoms with Gasteiger partial charge in [-0.1, -0.05) is 29.8 Å². The Labute approximate surface area is 176 Å². The van der Waals surface area contributed by atoms with Gasteiger partial charge >= 0.3 is 0 Å². The molecule has 1 aromatic heterocycles. The van der Waals surface area contributed by atoms with E-state index in [9.17, 15) is 9.59 Å². The lowest BCUT2D eigenvalue weighted by Crippen LogP contribution is -2.39. The molecule has 0 atom stereocenters. The van der Waals surface area contributed by atoms with E-state index in [0.29, 0.717) is 18.8 Å². The molecule has 0 aliphatic carbocycles. The van der Waals surface area contributed by atoms with E-state index in [1.165, 1.54) is 28.9 Å². The zero-order valence-electron chi connectivity index (χ0n) is 17.1. The fourth-order valence-electron chi connectivity index (χ4n) is 4.22. The Morgan fingerprint density at radius 2 is 1.93 bits per heavy atom. The summed E-state index contributed by atoms with van der Waals surface area (Å²) in [6.45, 7) is 4.56. The van der Waals surface area contributed by atoms with Gasteiger partial charge in [0.05, 0.1) is 12.1 Å². The second kappa shape index (κ2) is 9.08. The number of hydrogen-bond acceptors (Lipinski definition) is 4. The number of aromatic nitrogens is 1. The number of thiazole rings is 1. The Morgan fingerprint density at radius 1 is 1.17 bits per heavy atom.